The van der Waals surface area contributed by atoms with Gasteiger partial charge in [0.05, 0.1) is 17.7 Å². The molecule has 0 heterocycles. The number of guanidine groups is 1. The Bertz CT molecular complexity index is 664. The van der Waals surface area contributed by atoms with Crippen LogP contribution in [0.3, 0.4) is 0 Å². The number of halogens is 2. The van der Waals surface area contributed by atoms with Crippen LogP contribution in [0.25, 0.3) is 0 Å². The van der Waals surface area contributed by atoms with E-state index in [1.807, 2.05) is 30.3 Å². The lowest BCUT2D eigenvalue weighted by molar-refractivity contribution is 0.186. The molecule has 2 rings (SSSR count). The van der Waals surface area contributed by atoms with Gasteiger partial charge in [-0.2, -0.15) is 0 Å². The number of benzene rings is 2. The molecule has 0 saturated heterocycles. The van der Waals surface area contributed by atoms with Crippen LogP contribution in [0.15, 0.2) is 53.5 Å². The minimum atomic E-state index is -0.934. The molecule has 0 spiro atoms. The molecule has 23 heavy (non-hydrogen) atoms. The predicted octanol–water partition coefficient (Wildman–Crippen LogP) is 2.66. The summed E-state index contributed by atoms with van der Waals surface area (Å²) in [6, 6.07) is 14.2. The topological polar surface area (TPSA) is 70.6 Å². The van der Waals surface area contributed by atoms with Crippen LogP contribution in [-0.2, 0) is 6.42 Å². The Morgan fingerprint density at radius 2 is 2.00 bits per heavy atom. The Morgan fingerprint density at radius 1 is 1.26 bits per heavy atom. The van der Waals surface area contributed by atoms with Gasteiger partial charge in [-0.15, -0.1) is 0 Å². The van der Waals surface area contributed by atoms with Gasteiger partial charge in [0.15, 0.2) is 5.96 Å². The molecule has 0 aliphatic rings. The van der Waals surface area contributed by atoms with Gasteiger partial charge in [-0.3, -0.25) is 4.99 Å². The molecule has 2 aromatic carbocycles. The fraction of sp³-hybridized carbons (Fsp3) is 0.235. The minimum absolute atomic E-state index is 0.0199. The van der Waals surface area contributed by atoms with Crippen LogP contribution in [0, 0.1) is 5.82 Å². The smallest absolute Gasteiger partial charge is 0.188 e. The number of nitrogens with two attached hydrogens (primary N) is 1. The van der Waals surface area contributed by atoms with Crippen LogP contribution in [-0.4, -0.2) is 24.2 Å². The molecule has 0 saturated carbocycles. The fourth-order valence-electron chi connectivity index (χ4n) is 2.05. The molecule has 0 aromatic heterocycles. The number of nitrogens with one attached hydrogen (secondary N) is 1. The molecule has 0 bridgehead atoms. The van der Waals surface area contributed by atoms with Crippen LogP contribution in [0.2, 0.25) is 5.02 Å². The van der Waals surface area contributed by atoms with Crippen molar-refractivity contribution in [1.29, 1.82) is 0 Å². The molecule has 1 atom stereocenters. The minimum Gasteiger partial charge on any atom is -0.386 e. The predicted molar refractivity (Wildman–Crippen MR) is 91.0 cm³/mol. The maximum atomic E-state index is 13.4. The van der Waals surface area contributed by atoms with E-state index in [1.54, 1.807) is 6.07 Å². The highest BCUT2D eigenvalue weighted by molar-refractivity contribution is 6.30. The largest absolute Gasteiger partial charge is 0.386 e. The van der Waals surface area contributed by atoms with E-state index in [0.29, 0.717) is 12.1 Å². The zero-order valence-corrected chi connectivity index (χ0v) is 13.3. The molecule has 4 nitrogen and oxygen atoms in total. The van der Waals surface area contributed by atoms with Crippen LogP contribution in [0.5, 0.6) is 0 Å². The molecule has 2 aromatic rings. The van der Waals surface area contributed by atoms with Crippen molar-refractivity contribution in [3.05, 3.63) is 70.5 Å². The van der Waals surface area contributed by atoms with Gasteiger partial charge < -0.3 is 16.2 Å². The summed E-state index contributed by atoms with van der Waals surface area (Å²) in [6.45, 7) is 0.691. The second-order valence-electron chi connectivity index (χ2n) is 5.08. The first kappa shape index (κ1) is 17.2. The average molecular weight is 336 g/mol. The van der Waals surface area contributed by atoms with E-state index in [-0.39, 0.29) is 17.5 Å². The van der Waals surface area contributed by atoms with E-state index in [0.717, 1.165) is 6.42 Å². The first-order chi connectivity index (χ1) is 11.1. The maximum Gasteiger partial charge on any atom is 0.188 e. The molecular formula is C17H19ClFN3O. The second kappa shape index (κ2) is 8.50. The van der Waals surface area contributed by atoms with Gasteiger partial charge in [0.2, 0.25) is 0 Å². The van der Waals surface area contributed by atoms with Gasteiger partial charge in [-0.25, -0.2) is 4.39 Å². The van der Waals surface area contributed by atoms with E-state index in [1.165, 1.54) is 17.7 Å². The lowest BCUT2D eigenvalue weighted by atomic mass is 10.1. The Labute approximate surface area is 139 Å². The van der Waals surface area contributed by atoms with Crippen LogP contribution >= 0.6 is 11.6 Å². The Balaban J connectivity index is 1.80. The number of hydrogen-bond donors (Lipinski definition) is 3. The quantitative estimate of drug-likeness (QED) is 0.561. The van der Waals surface area contributed by atoms with Gasteiger partial charge in [0.25, 0.3) is 0 Å². The van der Waals surface area contributed by atoms with E-state index < -0.39 is 11.9 Å². The van der Waals surface area contributed by atoms with Crippen molar-refractivity contribution in [2.75, 3.05) is 13.1 Å². The molecule has 0 aliphatic carbocycles. The van der Waals surface area contributed by atoms with Crippen molar-refractivity contribution < 1.29 is 9.50 Å². The van der Waals surface area contributed by atoms with Crippen LogP contribution in [0.1, 0.15) is 17.2 Å². The number of aliphatic hydroxyl groups is 1. The molecule has 0 amide bonds. The third-order valence-electron chi connectivity index (χ3n) is 3.33. The van der Waals surface area contributed by atoms with Crippen molar-refractivity contribution in [1.82, 2.24) is 5.32 Å². The molecular weight excluding hydrogens is 317 g/mol. The molecule has 122 valence electrons. The van der Waals surface area contributed by atoms with Crippen molar-refractivity contribution in [2.24, 2.45) is 10.7 Å². The highest BCUT2D eigenvalue weighted by atomic mass is 35.5. The molecule has 4 N–H and O–H groups in total. The molecule has 0 fully saturated rings. The van der Waals surface area contributed by atoms with Gasteiger partial charge in [0.1, 0.15) is 5.82 Å². The lowest BCUT2D eigenvalue weighted by Crippen LogP contribution is -2.33. The summed E-state index contributed by atoms with van der Waals surface area (Å²) in [5.41, 5.74) is 7.36. The summed E-state index contributed by atoms with van der Waals surface area (Å²) in [4.78, 5) is 4.06. The Morgan fingerprint density at radius 3 is 2.70 bits per heavy atom. The van der Waals surface area contributed by atoms with Gasteiger partial charge in [0, 0.05) is 6.54 Å². The normalized spacial score (nSPS) is 12.9. The summed E-state index contributed by atoms with van der Waals surface area (Å²) in [6.07, 6.45) is -0.113. The summed E-state index contributed by atoms with van der Waals surface area (Å²) >= 11 is 5.61. The highest BCUT2D eigenvalue weighted by Crippen LogP contribution is 2.20. The first-order valence-corrected chi connectivity index (χ1v) is 7.65. The maximum absolute atomic E-state index is 13.4. The van der Waals surface area contributed by atoms with E-state index in [9.17, 15) is 9.50 Å². The third-order valence-corrected chi connectivity index (χ3v) is 3.63. The summed E-state index contributed by atoms with van der Waals surface area (Å²) < 4.78 is 13.4. The lowest BCUT2D eigenvalue weighted by Gasteiger charge is -2.10. The van der Waals surface area contributed by atoms with E-state index >= 15 is 0 Å². The molecule has 1 unspecified atom stereocenters. The van der Waals surface area contributed by atoms with Gasteiger partial charge in [-0.1, -0.05) is 48.0 Å². The first-order valence-electron chi connectivity index (χ1n) is 7.27. The number of rotatable bonds is 6. The third kappa shape index (κ3) is 5.54. The highest BCUT2D eigenvalue weighted by Gasteiger charge is 2.09. The standard InChI is InChI=1S/C17H19ClFN3O/c18-14-7-6-13(10-15(14)19)16(23)11-22-17(20)21-9-8-12-4-2-1-3-5-12/h1-7,10,16,23H,8-9,11H2,(H3,20,21,22). The molecule has 0 radical (unpaired) electrons. The van der Waals surface area contributed by atoms with Crippen molar-refractivity contribution in [2.45, 2.75) is 12.5 Å². The van der Waals surface area contributed by atoms with Gasteiger partial charge >= 0.3 is 0 Å². The SMILES string of the molecule is NC(=NCC(O)c1ccc(Cl)c(F)c1)NCCc1ccccc1. The van der Waals surface area contributed by atoms with Crippen LogP contribution in [0.4, 0.5) is 4.39 Å². The zero-order valence-electron chi connectivity index (χ0n) is 12.5. The zero-order chi connectivity index (χ0) is 16.7. The van der Waals surface area contributed by atoms with Crippen molar-refractivity contribution in [3.63, 3.8) is 0 Å². The fourth-order valence-corrected chi connectivity index (χ4v) is 2.16. The van der Waals surface area contributed by atoms with E-state index in [4.69, 9.17) is 17.3 Å². The monoisotopic (exact) mass is 335 g/mol. The van der Waals surface area contributed by atoms with Crippen molar-refractivity contribution in [3.8, 4) is 0 Å². The summed E-state index contributed by atoms with van der Waals surface area (Å²) in [5.74, 6) is -0.324. The van der Waals surface area contributed by atoms with Gasteiger partial charge in [-0.05, 0) is 29.7 Å². The summed E-state index contributed by atoms with van der Waals surface area (Å²) in [5, 5.41) is 13.0. The molecule has 0 aliphatic heterocycles. The van der Waals surface area contributed by atoms with Crippen molar-refractivity contribution >= 4 is 17.6 Å². The van der Waals surface area contributed by atoms with E-state index in [2.05, 4.69) is 10.3 Å². The Hall–Kier alpha value is -2.11. The Kier molecular flexibility index (Phi) is 6.38. The average Bonchev–Trinajstić information content (AvgIpc) is 2.56. The summed E-state index contributed by atoms with van der Waals surface area (Å²) in [7, 11) is 0. The number of nitrogens with zero attached hydrogens (tertiary/aromatic N) is 1. The van der Waals surface area contributed by atoms with Crippen LogP contribution < -0.4 is 11.1 Å². The second-order valence-corrected chi connectivity index (χ2v) is 5.48. The molecule has 6 heteroatoms. The number of aliphatic imine (C=N–C) groups is 1. The number of aliphatic hydroxyl groups excluding tert-OH is 1. The number of hydrogen-bond acceptors (Lipinski definition) is 2.